The molecule has 0 amide bonds. The second-order valence-electron chi connectivity index (χ2n) is 5.83. The highest BCUT2D eigenvalue weighted by Crippen LogP contribution is 2.31. The number of ether oxygens (including phenoxy) is 1. The SMILES string of the molecule is CCOc1cncc(N2CCC3C(CCCN3C)C2)n1. The third-order valence-electron chi connectivity index (χ3n) is 4.56. The first-order chi connectivity index (χ1) is 9.78. The zero-order chi connectivity index (χ0) is 13.9. The maximum absolute atomic E-state index is 5.45. The molecule has 0 aliphatic carbocycles. The second kappa shape index (κ2) is 5.95. The molecular weight excluding hydrogens is 252 g/mol. The zero-order valence-corrected chi connectivity index (χ0v) is 12.5. The number of fused-ring (bicyclic) bond motifs is 1. The van der Waals surface area contributed by atoms with Crippen molar-refractivity contribution in [1.29, 1.82) is 0 Å². The van der Waals surface area contributed by atoms with E-state index in [1.165, 1.54) is 25.8 Å². The van der Waals surface area contributed by atoms with Crippen LogP contribution in [0.1, 0.15) is 26.2 Å². The number of piperidine rings is 2. The number of likely N-dealkylation sites (tertiary alicyclic amines) is 1. The van der Waals surface area contributed by atoms with E-state index in [2.05, 4.69) is 26.8 Å². The molecule has 2 unspecified atom stereocenters. The van der Waals surface area contributed by atoms with Gasteiger partial charge in [0.05, 0.1) is 19.0 Å². The highest BCUT2D eigenvalue weighted by Gasteiger charge is 2.34. The second-order valence-corrected chi connectivity index (χ2v) is 5.83. The van der Waals surface area contributed by atoms with Crippen molar-refractivity contribution in [1.82, 2.24) is 14.9 Å². The van der Waals surface area contributed by atoms with Gasteiger partial charge in [-0.05, 0) is 45.7 Å². The van der Waals surface area contributed by atoms with Crippen LogP contribution in [0.3, 0.4) is 0 Å². The van der Waals surface area contributed by atoms with E-state index < -0.39 is 0 Å². The van der Waals surface area contributed by atoms with Crippen molar-refractivity contribution in [3.05, 3.63) is 12.4 Å². The first-order valence-electron chi connectivity index (χ1n) is 7.68. The fourth-order valence-electron chi connectivity index (χ4n) is 3.57. The minimum Gasteiger partial charge on any atom is -0.477 e. The lowest BCUT2D eigenvalue weighted by Gasteiger charge is -2.46. The molecule has 5 nitrogen and oxygen atoms in total. The molecule has 2 aliphatic heterocycles. The third kappa shape index (κ3) is 2.73. The van der Waals surface area contributed by atoms with E-state index >= 15 is 0 Å². The number of nitrogens with zero attached hydrogens (tertiary/aromatic N) is 4. The van der Waals surface area contributed by atoms with Crippen molar-refractivity contribution in [3.63, 3.8) is 0 Å². The molecule has 1 aromatic rings. The fraction of sp³-hybridized carbons (Fsp3) is 0.733. The number of aromatic nitrogens is 2. The Bertz CT molecular complexity index is 453. The molecule has 0 N–H and O–H groups in total. The molecule has 2 fully saturated rings. The van der Waals surface area contributed by atoms with Gasteiger partial charge in [-0.3, -0.25) is 4.98 Å². The highest BCUT2D eigenvalue weighted by molar-refractivity contribution is 5.38. The maximum Gasteiger partial charge on any atom is 0.234 e. The summed E-state index contributed by atoms with van der Waals surface area (Å²) in [5, 5.41) is 0. The van der Waals surface area contributed by atoms with Crippen molar-refractivity contribution in [3.8, 4) is 5.88 Å². The standard InChI is InChI=1S/C15H24N4O/c1-3-20-15-10-16-9-14(17-15)19-8-6-13-12(11-19)5-4-7-18(13)2/h9-10,12-13H,3-8,11H2,1-2H3. The lowest BCUT2D eigenvalue weighted by atomic mass is 9.84. The van der Waals surface area contributed by atoms with Crippen molar-refractivity contribution >= 4 is 5.82 Å². The molecular formula is C15H24N4O. The molecule has 0 spiro atoms. The molecule has 0 bridgehead atoms. The first kappa shape index (κ1) is 13.6. The number of hydrogen-bond donors (Lipinski definition) is 0. The summed E-state index contributed by atoms with van der Waals surface area (Å²) in [7, 11) is 2.27. The van der Waals surface area contributed by atoms with E-state index in [4.69, 9.17) is 4.74 Å². The molecule has 3 heterocycles. The Morgan fingerprint density at radius 2 is 2.20 bits per heavy atom. The Morgan fingerprint density at radius 3 is 3.05 bits per heavy atom. The molecule has 110 valence electrons. The summed E-state index contributed by atoms with van der Waals surface area (Å²) in [5.74, 6) is 2.36. The Morgan fingerprint density at radius 1 is 1.30 bits per heavy atom. The summed E-state index contributed by atoms with van der Waals surface area (Å²) in [6.07, 6.45) is 7.42. The van der Waals surface area contributed by atoms with Crippen molar-refractivity contribution in [2.45, 2.75) is 32.2 Å². The lowest BCUT2D eigenvalue weighted by molar-refractivity contribution is 0.102. The van der Waals surface area contributed by atoms with Gasteiger partial charge in [-0.1, -0.05) is 0 Å². The predicted molar refractivity (Wildman–Crippen MR) is 79.2 cm³/mol. The van der Waals surface area contributed by atoms with E-state index in [0.29, 0.717) is 12.5 Å². The molecule has 1 aromatic heterocycles. The normalized spacial score (nSPS) is 27.2. The Kier molecular flexibility index (Phi) is 4.05. The summed E-state index contributed by atoms with van der Waals surface area (Å²) >= 11 is 0. The van der Waals surface area contributed by atoms with E-state index in [9.17, 15) is 0 Å². The van der Waals surface area contributed by atoms with Crippen LogP contribution in [0.2, 0.25) is 0 Å². The van der Waals surface area contributed by atoms with Crippen LogP contribution in [-0.4, -0.2) is 54.2 Å². The van der Waals surface area contributed by atoms with Crippen molar-refractivity contribution in [2.24, 2.45) is 5.92 Å². The van der Waals surface area contributed by atoms with E-state index in [1.54, 1.807) is 6.20 Å². The van der Waals surface area contributed by atoms with Gasteiger partial charge < -0.3 is 14.5 Å². The van der Waals surface area contributed by atoms with Gasteiger partial charge in [0.15, 0.2) is 5.82 Å². The molecule has 2 aliphatic rings. The van der Waals surface area contributed by atoms with Crippen LogP contribution in [-0.2, 0) is 0 Å². The van der Waals surface area contributed by atoms with Gasteiger partial charge in [-0.15, -0.1) is 0 Å². The average Bonchev–Trinajstić information content (AvgIpc) is 2.48. The van der Waals surface area contributed by atoms with Gasteiger partial charge in [-0.25, -0.2) is 0 Å². The quantitative estimate of drug-likeness (QED) is 0.842. The summed E-state index contributed by atoms with van der Waals surface area (Å²) in [6.45, 7) is 6.02. The molecule has 20 heavy (non-hydrogen) atoms. The highest BCUT2D eigenvalue weighted by atomic mass is 16.5. The molecule has 0 aromatic carbocycles. The first-order valence-corrected chi connectivity index (χ1v) is 7.68. The van der Waals surface area contributed by atoms with Gasteiger partial charge in [-0.2, -0.15) is 4.98 Å². The van der Waals surface area contributed by atoms with E-state index in [1.807, 2.05) is 13.1 Å². The van der Waals surface area contributed by atoms with Crippen LogP contribution in [0.25, 0.3) is 0 Å². The third-order valence-corrected chi connectivity index (χ3v) is 4.56. The summed E-state index contributed by atoms with van der Waals surface area (Å²) in [5.41, 5.74) is 0. The largest absolute Gasteiger partial charge is 0.477 e. The van der Waals surface area contributed by atoms with Gasteiger partial charge in [0.1, 0.15) is 0 Å². The molecule has 3 rings (SSSR count). The zero-order valence-electron chi connectivity index (χ0n) is 12.5. The van der Waals surface area contributed by atoms with Gasteiger partial charge in [0.25, 0.3) is 0 Å². The summed E-state index contributed by atoms with van der Waals surface area (Å²) in [6, 6.07) is 0.753. The van der Waals surface area contributed by atoms with E-state index in [-0.39, 0.29) is 0 Å². The van der Waals surface area contributed by atoms with Gasteiger partial charge in [0, 0.05) is 19.1 Å². The van der Waals surface area contributed by atoms with Gasteiger partial charge in [0.2, 0.25) is 5.88 Å². The van der Waals surface area contributed by atoms with Crippen LogP contribution in [0.5, 0.6) is 5.88 Å². The fourth-order valence-corrected chi connectivity index (χ4v) is 3.57. The topological polar surface area (TPSA) is 41.5 Å². The van der Waals surface area contributed by atoms with Crippen LogP contribution in [0.15, 0.2) is 12.4 Å². The smallest absolute Gasteiger partial charge is 0.234 e. The van der Waals surface area contributed by atoms with Gasteiger partial charge >= 0.3 is 0 Å². The molecule has 0 saturated carbocycles. The monoisotopic (exact) mass is 276 g/mol. The van der Waals surface area contributed by atoms with Crippen molar-refractivity contribution in [2.75, 3.05) is 38.2 Å². The number of anilines is 1. The molecule has 5 heteroatoms. The number of rotatable bonds is 3. The van der Waals surface area contributed by atoms with Crippen LogP contribution < -0.4 is 9.64 Å². The summed E-state index contributed by atoms with van der Waals surface area (Å²) < 4.78 is 5.45. The van der Waals surface area contributed by atoms with Crippen LogP contribution in [0.4, 0.5) is 5.82 Å². The maximum atomic E-state index is 5.45. The molecule has 0 radical (unpaired) electrons. The van der Waals surface area contributed by atoms with E-state index in [0.717, 1.165) is 30.9 Å². The Labute approximate surface area is 121 Å². The Hall–Kier alpha value is -1.36. The average molecular weight is 276 g/mol. The number of hydrogen-bond acceptors (Lipinski definition) is 5. The predicted octanol–water partition coefficient (Wildman–Crippen LogP) is 1.80. The molecule has 2 saturated heterocycles. The minimum atomic E-state index is 0.632. The minimum absolute atomic E-state index is 0.632. The van der Waals surface area contributed by atoms with Crippen LogP contribution >= 0.6 is 0 Å². The van der Waals surface area contributed by atoms with Crippen molar-refractivity contribution < 1.29 is 4.74 Å². The molecule has 2 atom stereocenters. The Balaban J connectivity index is 1.71. The van der Waals surface area contributed by atoms with Crippen LogP contribution in [0, 0.1) is 5.92 Å². The summed E-state index contributed by atoms with van der Waals surface area (Å²) in [4.78, 5) is 13.7. The lowest BCUT2D eigenvalue weighted by Crippen LogP contribution is -2.52.